The molecule has 176 valence electrons. The molecule has 0 radical (unpaired) electrons. The number of hydrogen-bond donors (Lipinski definition) is 1. The zero-order chi connectivity index (χ0) is 24.0. The number of rotatable bonds is 8. The quantitative estimate of drug-likeness (QED) is 0.384. The lowest BCUT2D eigenvalue weighted by atomic mass is 10.1. The molecule has 1 aromatic heterocycles. The molecule has 0 bridgehead atoms. The summed E-state index contributed by atoms with van der Waals surface area (Å²) < 4.78 is 1.75. The SMILES string of the molecule is O=C(NCc1ccccc1Cn1cncn1)c1ccccc1SCC(=O)N1CCc2ccccc21. The van der Waals surface area contributed by atoms with Crippen LogP contribution in [0.2, 0.25) is 0 Å². The van der Waals surface area contributed by atoms with Gasteiger partial charge in [-0.2, -0.15) is 5.10 Å². The molecule has 35 heavy (non-hydrogen) atoms. The molecule has 1 N–H and O–H groups in total. The van der Waals surface area contributed by atoms with Crippen molar-refractivity contribution in [3.05, 3.63) is 108 Å². The summed E-state index contributed by atoms with van der Waals surface area (Å²) in [7, 11) is 0. The van der Waals surface area contributed by atoms with Crippen molar-refractivity contribution >= 4 is 29.3 Å². The van der Waals surface area contributed by atoms with E-state index in [9.17, 15) is 9.59 Å². The standard InChI is InChI=1S/C27H25N5O2S/c33-26(32-14-13-20-7-3-5-11-24(20)32)17-35-25-12-6-4-10-23(25)27(34)29-15-21-8-1-2-9-22(21)16-31-19-28-18-30-31/h1-12,18-19H,13-17H2,(H,29,34). The molecule has 0 fully saturated rings. The third-order valence-electron chi connectivity index (χ3n) is 6.03. The highest BCUT2D eigenvalue weighted by atomic mass is 32.2. The minimum atomic E-state index is -0.164. The molecule has 0 spiro atoms. The van der Waals surface area contributed by atoms with Gasteiger partial charge in [0.1, 0.15) is 12.7 Å². The topological polar surface area (TPSA) is 80.1 Å². The molecule has 0 saturated carbocycles. The molecule has 5 rings (SSSR count). The maximum absolute atomic E-state index is 13.1. The van der Waals surface area contributed by atoms with Gasteiger partial charge in [-0.05, 0) is 41.3 Å². The summed E-state index contributed by atoms with van der Waals surface area (Å²) >= 11 is 1.40. The van der Waals surface area contributed by atoms with Gasteiger partial charge >= 0.3 is 0 Å². The number of carbonyl (C=O) groups excluding carboxylic acids is 2. The monoisotopic (exact) mass is 483 g/mol. The lowest BCUT2D eigenvalue weighted by molar-refractivity contribution is -0.116. The van der Waals surface area contributed by atoms with E-state index in [0.29, 0.717) is 25.2 Å². The number of carbonyl (C=O) groups is 2. The molecule has 0 aliphatic carbocycles. The number of nitrogens with zero attached hydrogens (tertiary/aromatic N) is 4. The van der Waals surface area contributed by atoms with Gasteiger partial charge in [-0.3, -0.25) is 9.59 Å². The van der Waals surface area contributed by atoms with Crippen LogP contribution in [0.4, 0.5) is 5.69 Å². The number of aromatic nitrogens is 3. The summed E-state index contributed by atoms with van der Waals surface area (Å²) in [6.45, 7) is 1.68. The van der Waals surface area contributed by atoms with E-state index in [1.807, 2.05) is 65.6 Å². The third-order valence-corrected chi connectivity index (χ3v) is 7.09. The van der Waals surface area contributed by atoms with Crippen molar-refractivity contribution in [3.63, 3.8) is 0 Å². The number of thioether (sulfide) groups is 1. The van der Waals surface area contributed by atoms with Gasteiger partial charge < -0.3 is 10.2 Å². The molecule has 4 aromatic rings. The molecule has 0 unspecified atom stereocenters. The maximum Gasteiger partial charge on any atom is 0.252 e. The predicted molar refractivity (Wildman–Crippen MR) is 136 cm³/mol. The molecule has 2 heterocycles. The van der Waals surface area contributed by atoms with E-state index in [4.69, 9.17) is 0 Å². The van der Waals surface area contributed by atoms with Crippen molar-refractivity contribution in [2.45, 2.75) is 24.4 Å². The van der Waals surface area contributed by atoms with E-state index in [2.05, 4.69) is 21.5 Å². The number of amides is 2. The molecule has 0 saturated heterocycles. The van der Waals surface area contributed by atoms with E-state index in [0.717, 1.165) is 28.1 Å². The van der Waals surface area contributed by atoms with Gasteiger partial charge in [0.15, 0.2) is 0 Å². The zero-order valence-electron chi connectivity index (χ0n) is 19.1. The molecule has 3 aromatic carbocycles. The minimum Gasteiger partial charge on any atom is -0.348 e. The summed E-state index contributed by atoms with van der Waals surface area (Å²) in [5, 5.41) is 7.21. The van der Waals surface area contributed by atoms with Crippen LogP contribution in [0.1, 0.15) is 27.0 Å². The summed E-state index contributed by atoms with van der Waals surface area (Å²) in [5.41, 5.74) is 4.85. The average molecular weight is 484 g/mol. The number of fused-ring (bicyclic) bond motifs is 1. The Morgan fingerprint density at radius 1 is 0.943 bits per heavy atom. The molecular formula is C27H25N5O2S. The summed E-state index contributed by atoms with van der Waals surface area (Å²) in [4.78, 5) is 32.6. The van der Waals surface area contributed by atoms with Crippen LogP contribution in [0, 0.1) is 0 Å². The number of benzene rings is 3. The average Bonchev–Trinajstić information content (AvgIpc) is 3.57. The van der Waals surface area contributed by atoms with E-state index in [-0.39, 0.29) is 17.6 Å². The number of hydrogen-bond acceptors (Lipinski definition) is 5. The van der Waals surface area contributed by atoms with Gasteiger partial charge in [0.2, 0.25) is 5.91 Å². The first-order valence-corrected chi connectivity index (χ1v) is 12.4. The maximum atomic E-state index is 13.1. The van der Waals surface area contributed by atoms with E-state index < -0.39 is 0 Å². The second-order valence-corrected chi connectivity index (χ2v) is 9.27. The Morgan fingerprint density at radius 3 is 2.57 bits per heavy atom. The Bertz CT molecular complexity index is 1340. The fourth-order valence-corrected chi connectivity index (χ4v) is 5.16. The molecule has 1 aliphatic rings. The van der Waals surface area contributed by atoms with Gasteiger partial charge in [0.05, 0.1) is 17.9 Å². The second-order valence-electron chi connectivity index (χ2n) is 8.25. The Labute approximate surface area is 208 Å². The first kappa shape index (κ1) is 22.9. The summed E-state index contributed by atoms with van der Waals surface area (Å²) in [6, 6.07) is 23.4. The van der Waals surface area contributed by atoms with Crippen LogP contribution in [0.25, 0.3) is 0 Å². The predicted octanol–water partition coefficient (Wildman–Crippen LogP) is 3.94. The smallest absolute Gasteiger partial charge is 0.252 e. The fourth-order valence-electron chi connectivity index (χ4n) is 4.24. The van der Waals surface area contributed by atoms with Crippen LogP contribution in [-0.2, 0) is 24.3 Å². The second kappa shape index (κ2) is 10.6. The Balaban J connectivity index is 1.23. The lowest BCUT2D eigenvalue weighted by Gasteiger charge is -2.17. The molecule has 2 amide bonds. The molecule has 0 atom stereocenters. The highest BCUT2D eigenvalue weighted by molar-refractivity contribution is 8.00. The largest absolute Gasteiger partial charge is 0.348 e. The van der Waals surface area contributed by atoms with Gasteiger partial charge in [-0.15, -0.1) is 11.8 Å². The van der Waals surface area contributed by atoms with Crippen molar-refractivity contribution < 1.29 is 9.59 Å². The van der Waals surface area contributed by atoms with Crippen LogP contribution >= 0.6 is 11.8 Å². The third kappa shape index (κ3) is 5.27. The van der Waals surface area contributed by atoms with Gasteiger partial charge in [0.25, 0.3) is 5.91 Å². The first-order valence-electron chi connectivity index (χ1n) is 11.5. The fraction of sp³-hybridized carbons (Fsp3) is 0.185. The molecular weight excluding hydrogens is 458 g/mol. The number of para-hydroxylation sites is 1. The van der Waals surface area contributed by atoms with Crippen molar-refractivity contribution in [2.75, 3.05) is 17.2 Å². The summed E-state index contributed by atoms with van der Waals surface area (Å²) in [5.74, 6) is 0.166. The van der Waals surface area contributed by atoms with Gasteiger partial charge in [-0.25, -0.2) is 9.67 Å². The number of nitrogens with one attached hydrogen (secondary N) is 1. The van der Waals surface area contributed by atoms with Crippen molar-refractivity contribution in [3.8, 4) is 0 Å². The minimum absolute atomic E-state index is 0.0530. The zero-order valence-corrected chi connectivity index (χ0v) is 19.9. The molecule has 1 aliphatic heterocycles. The van der Waals surface area contributed by atoms with E-state index >= 15 is 0 Å². The van der Waals surface area contributed by atoms with E-state index in [1.54, 1.807) is 17.1 Å². The Kier molecular flexibility index (Phi) is 6.90. The molecule has 7 nitrogen and oxygen atoms in total. The van der Waals surface area contributed by atoms with Crippen LogP contribution in [-0.4, -0.2) is 38.9 Å². The molecule has 8 heteroatoms. The van der Waals surface area contributed by atoms with Crippen LogP contribution < -0.4 is 10.2 Å². The van der Waals surface area contributed by atoms with Crippen LogP contribution in [0.15, 0.2) is 90.3 Å². The van der Waals surface area contributed by atoms with Crippen molar-refractivity contribution in [1.82, 2.24) is 20.1 Å². The Morgan fingerprint density at radius 2 is 1.71 bits per heavy atom. The summed E-state index contributed by atoms with van der Waals surface area (Å²) in [6.07, 6.45) is 4.06. The van der Waals surface area contributed by atoms with Gasteiger partial charge in [-0.1, -0.05) is 54.6 Å². The normalized spacial score (nSPS) is 12.4. The van der Waals surface area contributed by atoms with Crippen molar-refractivity contribution in [2.24, 2.45) is 0 Å². The lowest BCUT2D eigenvalue weighted by Crippen LogP contribution is -2.30. The van der Waals surface area contributed by atoms with Crippen molar-refractivity contribution in [1.29, 1.82) is 0 Å². The highest BCUT2D eigenvalue weighted by Gasteiger charge is 2.24. The first-order chi connectivity index (χ1) is 17.2. The Hall–Kier alpha value is -3.91. The number of anilines is 1. The van der Waals surface area contributed by atoms with Gasteiger partial charge in [0, 0.05) is 23.7 Å². The van der Waals surface area contributed by atoms with Crippen LogP contribution in [0.5, 0.6) is 0 Å². The van der Waals surface area contributed by atoms with Crippen LogP contribution in [0.3, 0.4) is 0 Å². The highest BCUT2D eigenvalue weighted by Crippen LogP contribution is 2.29. The van der Waals surface area contributed by atoms with E-state index in [1.165, 1.54) is 23.7 Å².